The maximum absolute atomic E-state index is 15.8. The van der Waals surface area contributed by atoms with Crippen molar-refractivity contribution in [2.24, 2.45) is 16.8 Å². The number of anilines is 1. The summed E-state index contributed by atoms with van der Waals surface area (Å²) in [5.74, 6) is -2.55. The molecule has 3 atom stereocenters. The van der Waals surface area contributed by atoms with Crippen LogP contribution in [0.4, 0.5) is 18.9 Å². The first-order chi connectivity index (χ1) is 19.7. The minimum absolute atomic E-state index is 0.193. The normalized spacial score (nSPS) is 26.8. The van der Waals surface area contributed by atoms with Gasteiger partial charge in [0.25, 0.3) is 5.92 Å². The van der Waals surface area contributed by atoms with Crippen LogP contribution in [0.5, 0.6) is 0 Å². The Kier molecular flexibility index (Phi) is 9.32. The number of rotatable bonds is 5. The molecule has 4 aliphatic rings. The Morgan fingerprint density at radius 2 is 1.95 bits per heavy atom. The van der Waals surface area contributed by atoms with Crippen LogP contribution in [-0.4, -0.2) is 36.4 Å². The van der Waals surface area contributed by atoms with Crippen molar-refractivity contribution in [1.82, 2.24) is 10.2 Å². The summed E-state index contributed by atoms with van der Waals surface area (Å²) < 4.78 is 46.4. The Bertz CT molecular complexity index is 1240. The lowest BCUT2D eigenvalue weighted by Crippen LogP contribution is -2.47. The van der Waals surface area contributed by atoms with Crippen LogP contribution in [0.25, 0.3) is 0 Å². The SMILES string of the molecule is CCCC(CC)Cc1cc2c(N)c(c1)C1=N[C@H](C)c3cccc(c3F)C(F)(F)CCC3CN(CCCC(CC2)N1)C3. The maximum atomic E-state index is 15.8. The Morgan fingerprint density at radius 1 is 1.15 bits per heavy atom. The van der Waals surface area contributed by atoms with Crippen molar-refractivity contribution in [3.8, 4) is 0 Å². The van der Waals surface area contributed by atoms with E-state index in [1.165, 1.54) is 24.1 Å². The number of fused-ring (bicyclic) bond motifs is 7. The second-order valence-electron chi connectivity index (χ2n) is 12.7. The van der Waals surface area contributed by atoms with Crippen molar-refractivity contribution in [2.45, 2.75) is 103 Å². The van der Waals surface area contributed by atoms with Gasteiger partial charge < -0.3 is 16.0 Å². The predicted octanol–water partition coefficient (Wildman–Crippen LogP) is 7.79. The smallest absolute Gasteiger partial charge is 0.276 e. The van der Waals surface area contributed by atoms with Gasteiger partial charge in [0.1, 0.15) is 11.7 Å². The van der Waals surface area contributed by atoms with E-state index in [4.69, 9.17) is 10.7 Å². The van der Waals surface area contributed by atoms with Crippen molar-refractivity contribution in [3.63, 3.8) is 0 Å². The summed E-state index contributed by atoms with van der Waals surface area (Å²) in [7, 11) is 0. The molecule has 0 aromatic heterocycles. The standard InChI is InChI=1S/C34H47F3N4/c1-4-8-23(5-2)17-25-18-26-12-13-27-9-7-16-41-20-24(21-41)14-15-34(36,37)30-11-6-10-28(31(30)35)22(3)39-33(40-27)29(19-25)32(26)38/h6,10-11,18-19,22-24,27H,4-5,7-9,12-17,20-21,38H2,1-3H3,(H,39,40)/t22-,23?,27?/m1/s1. The van der Waals surface area contributed by atoms with Gasteiger partial charge in [0.15, 0.2) is 0 Å². The number of nitrogens with one attached hydrogen (secondary N) is 1. The first-order valence-corrected chi connectivity index (χ1v) is 15.8. The Balaban J connectivity index is 1.55. The molecule has 0 amide bonds. The third kappa shape index (κ3) is 6.76. The lowest BCUT2D eigenvalue weighted by Gasteiger charge is -2.40. The number of hydrogen-bond acceptors (Lipinski definition) is 4. The number of hydrogen-bond donors (Lipinski definition) is 2. The number of alkyl halides is 2. The number of halogens is 3. The molecular formula is C34H47F3N4. The number of nitrogen functional groups attached to an aromatic ring is 1. The number of nitrogens with zero attached hydrogens (tertiary/aromatic N) is 2. The van der Waals surface area contributed by atoms with Gasteiger partial charge in [0, 0.05) is 42.4 Å². The molecule has 4 aliphatic heterocycles. The fourth-order valence-electron chi connectivity index (χ4n) is 7.03. The first-order valence-electron chi connectivity index (χ1n) is 15.8. The molecule has 224 valence electrons. The molecule has 4 nitrogen and oxygen atoms in total. The van der Waals surface area contributed by atoms with Crippen LogP contribution in [0.2, 0.25) is 0 Å². The van der Waals surface area contributed by atoms with Crippen LogP contribution in [0.1, 0.15) is 106 Å². The van der Waals surface area contributed by atoms with Gasteiger partial charge >= 0.3 is 0 Å². The highest BCUT2D eigenvalue weighted by molar-refractivity contribution is 6.04. The minimum atomic E-state index is -3.22. The van der Waals surface area contributed by atoms with Crippen molar-refractivity contribution in [2.75, 3.05) is 25.4 Å². The summed E-state index contributed by atoms with van der Waals surface area (Å²) >= 11 is 0. The minimum Gasteiger partial charge on any atom is -0.398 e. The average Bonchev–Trinajstić information content (AvgIpc) is 2.91. The molecule has 41 heavy (non-hydrogen) atoms. The van der Waals surface area contributed by atoms with E-state index in [1.54, 1.807) is 13.0 Å². The monoisotopic (exact) mass is 568 g/mol. The van der Waals surface area contributed by atoms with E-state index in [1.807, 2.05) is 0 Å². The van der Waals surface area contributed by atoms with Crippen LogP contribution in [0.15, 0.2) is 35.3 Å². The molecule has 1 fully saturated rings. The number of nitrogens with two attached hydrogens (primary N) is 1. The van der Waals surface area contributed by atoms with Gasteiger partial charge in [-0.05, 0) is 81.0 Å². The quantitative estimate of drug-likeness (QED) is 0.362. The zero-order valence-electron chi connectivity index (χ0n) is 25.0. The van der Waals surface area contributed by atoms with Gasteiger partial charge in [0.05, 0.1) is 11.6 Å². The molecule has 0 saturated carbocycles. The summed E-state index contributed by atoms with van der Waals surface area (Å²) in [6, 6.07) is 8.35. The van der Waals surface area contributed by atoms with E-state index >= 15 is 13.2 Å². The number of benzene rings is 2. The lowest BCUT2D eigenvalue weighted by molar-refractivity contribution is -0.0321. The zero-order valence-corrected chi connectivity index (χ0v) is 25.0. The van der Waals surface area contributed by atoms with E-state index in [2.05, 4.69) is 36.2 Å². The number of aliphatic imine (C=N–C) groups is 1. The molecule has 0 aliphatic carbocycles. The van der Waals surface area contributed by atoms with Crippen molar-refractivity contribution < 1.29 is 13.2 Å². The second kappa shape index (κ2) is 12.8. The molecule has 3 N–H and O–H groups in total. The predicted molar refractivity (Wildman–Crippen MR) is 162 cm³/mol. The molecule has 0 spiro atoms. The Hall–Kier alpha value is -2.54. The summed E-state index contributed by atoms with van der Waals surface area (Å²) in [5, 5.41) is 3.70. The van der Waals surface area contributed by atoms with Gasteiger partial charge in [0.2, 0.25) is 0 Å². The van der Waals surface area contributed by atoms with Crippen LogP contribution >= 0.6 is 0 Å². The zero-order chi connectivity index (χ0) is 29.1. The van der Waals surface area contributed by atoms with E-state index in [0.29, 0.717) is 23.9 Å². The van der Waals surface area contributed by atoms with Crippen molar-refractivity contribution in [3.05, 3.63) is 64.0 Å². The number of amidine groups is 1. The van der Waals surface area contributed by atoms with Crippen LogP contribution in [0.3, 0.4) is 0 Å². The Morgan fingerprint density at radius 3 is 2.71 bits per heavy atom. The third-order valence-electron chi connectivity index (χ3n) is 9.60. The Labute approximate surface area is 244 Å². The molecule has 4 heterocycles. The van der Waals surface area contributed by atoms with Gasteiger partial charge in [-0.25, -0.2) is 13.2 Å². The summed E-state index contributed by atoms with van der Waals surface area (Å²) in [6.07, 6.45) is 8.37. The molecule has 2 aromatic carbocycles. The van der Waals surface area contributed by atoms with Crippen molar-refractivity contribution in [1.29, 1.82) is 0 Å². The largest absolute Gasteiger partial charge is 0.398 e. The second-order valence-corrected chi connectivity index (χ2v) is 12.7. The molecular weight excluding hydrogens is 521 g/mol. The molecule has 7 heteroatoms. The number of aryl methyl sites for hydroxylation is 1. The van der Waals surface area contributed by atoms with E-state index in [-0.39, 0.29) is 23.9 Å². The van der Waals surface area contributed by atoms with Crippen molar-refractivity contribution >= 4 is 11.5 Å². The van der Waals surface area contributed by atoms with E-state index in [0.717, 1.165) is 75.7 Å². The molecule has 1 saturated heterocycles. The highest BCUT2D eigenvalue weighted by Crippen LogP contribution is 2.39. The fraction of sp³-hybridized carbons (Fsp3) is 0.618. The third-order valence-corrected chi connectivity index (χ3v) is 9.60. The van der Waals surface area contributed by atoms with Crippen LogP contribution in [0, 0.1) is 17.7 Å². The van der Waals surface area contributed by atoms with Gasteiger partial charge in [-0.15, -0.1) is 0 Å². The van der Waals surface area contributed by atoms with Crippen LogP contribution < -0.4 is 11.1 Å². The highest BCUT2D eigenvalue weighted by Gasteiger charge is 2.38. The van der Waals surface area contributed by atoms with Crippen LogP contribution in [-0.2, 0) is 18.8 Å². The fourth-order valence-corrected chi connectivity index (χ4v) is 7.03. The summed E-state index contributed by atoms with van der Waals surface area (Å²) in [4.78, 5) is 7.35. The highest BCUT2D eigenvalue weighted by atomic mass is 19.3. The van der Waals surface area contributed by atoms with E-state index < -0.39 is 23.3 Å². The topological polar surface area (TPSA) is 53.6 Å². The average molecular weight is 569 g/mol. The summed E-state index contributed by atoms with van der Waals surface area (Å²) in [5.41, 5.74) is 10.4. The first kappa shape index (κ1) is 29.9. The molecule has 2 unspecified atom stereocenters. The lowest BCUT2D eigenvalue weighted by atomic mass is 9.88. The van der Waals surface area contributed by atoms with E-state index in [9.17, 15) is 0 Å². The molecule has 0 radical (unpaired) electrons. The maximum Gasteiger partial charge on any atom is 0.276 e. The van der Waals surface area contributed by atoms with Gasteiger partial charge in [-0.2, -0.15) is 0 Å². The van der Waals surface area contributed by atoms with Gasteiger partial charge in [-0.1, -0.05) is 57.4 Å². The molecule has 6 rings (SSSR count). The molecule has 2 aromatic rings. The summed E-state index contributed by atoms with van der Waals surface area (Å²) in [6.45, 7) is 8.93. The van der Waals surface area contributed by atoms with Gasteiger partial charge in [-0.3, -0.25) is 4.99 Å². The molecule has 8 bridgehead atoms.